The number of aromatic nitrogens is 3. The number of carboxylic acid groups (broad SMARTS) is 1. The zero-order chi connectivity index (χ0) is 15.0. The minimum Gasteiger partial charge on any atom is -0.481 e. The van der Waals surface area contributed by atoms with Crippen LogP contribution < -0.4 is 4.74 Å². The summed E-state index contributed by atoms with van der Waals surface area (Å²) in [6.07, 6.45) is 1.46. The SMILES string of the molecule is COc1cc2c(cn1)c(C(=O)O)nn2-c1cccc(Br)c1. The molecule has 106 valence electrons. The number of ether oxygens (including phenoxy) is 1. The zero-order valence-electron chi connectivity index (χ0n) is 10.9. The van der Waals surface area contributed by atoms with Gasteiger partial charge in [0.05, 0.1) is 23.7 Å². The summed E-state index contributed by atoms with van der Waals surface area (Å²) in [7, 11) is 1.51. The predicted molar refractivity (Wildman–Crippen MR) is 80.1 cm³/mol. The average Bonchev–Trinajstić information content (AvgIpc) is 2.86. The van der Waals surface area contributed by atoms with Crippen LogP contribution in [0.4, 0.5) is 0 Å². The highest BCUT2D eigenvalue weighted by molar-refractivity contribution is 9.10. The van der Waals surface area contributed by atoms with Gasteiger partial charge in [0.1, 0.15) is 0 Å². The van der Waals surface area contributed by atoms with Crippen molar-refractivity contribution in [3.8, 4) is 11.6 Å². The Balaban J connectivity index is 2.33. The highest BCUT2D eigenvalue weighted by atomic mass is 79.9. The Morgan fingerprint density at radius 2 is 2.19 bits per heavy atom. The van der Waals surface area contributed by atoms with Crippen molar-refractivity contribution in [3.63, 3.8) is 0 Å². The molecule has 0 fully saturated rings. The van der Waals surface area contributed by atoms with E-state index in [2.05, 4.69) is 26.0 Å². The summed E-state index contributed by atoms with van der Waals surface area (Å²) < 4.78 is 7.54. The highest BCUT2D eigenvalue weighted by Gasteiger charge is 2.18. The van der Waals surface area contributed by atoms with Crippen molar-refractivity contribution in [1.29, 1.82) is 0 Å². The Morgan fingerprint density at radius 3 is 2.86 bits per heavy atom. The third-order valence-corrected chi connectivity index (χ3v) is 3.50. The number of methoxy groups -OCH3 is 1. The lowest BCUT2D eigenvalue weighted by molar-refractivity contribution is 0.0692. The van der Waals surface area contributed by atoms with Crippen LogP contribution >= 0.6 is 15.9 Å². The number of aromatic carboxylic acids is 1. The second-order valence-corrected chi connectivity index (χ2v) is 5.20. The third-order valence-electron chi connectivity index (χ3n) is 3.00. The van der Waals surface area contributed by atoms with E-state index in [1.807, 2.05) is 24.3 Å². The Bertz CT molecular complexity index is 845. The van der Waals surface area contributed by atoms with Crippen molar-refractivity contribution in [2.24, 2.45) is 0 Å². The van der Waals surface area contributed by atoms with Crippen LogP contribution in [-0.4, -0.2) is 33.0 Å². The molecule has 0 amide bonds. The lowest BCUT2D eigenvalue weighted by Gasteiger charge is -2.04. The topological polar surface area (TPSA) is 77.2 Å². The van der Waals surface area contributed by atoms with Crippen molar-refractivity contribution in [2.45, 2.75) is 0 Å². The van der Waals surface area contributed by atoms with E-state index < -0.39 is 5.97 Å². The molecule has 1 aromatic carbocycles. The van der Waals surface area contributed by atoms with Crippen LogP contribution in [0, 0.1) is 0 Å². The van der Waals surface area contributed by atoms with Gasteiger partial charge in [0.2, 0.25) is 5.88 Å². The standard InChI is InChI=1S/C14H10BrN3O3/c1-21-12-6-11-10(7-16-12)13(14(19)20)17-18(11)9-4-2-3-8(15)5-9/h2-7H,1H3,(H,19,20). The summed E-state index contributed by atoms with van der Waals surface area (Å²) in [5, 5.41) is 13.9. The van der Waals surface area contributed by atoms with Gasteiger partial charge in [0.15, 0.2) is 5.69 Å². The minimum atomic E-state index is -1.10. The molecule has 3 rings (SSSR count). The van der Waals surface area contributed by atoms with Gasteiger partial charge >= 0.3 is 5.97 Å². The molecule has 0 bridgehead atoms. The molecular formula is C14H10BrN3O3. The number of nitrogens with zero attached hydrogens (tertiary/aromatic N) is 3. The maximum atomic E-state index is 11.3. The molecule has 0 saturated heterocycles. The summed E-state index contributed by atoms with van der Waals surface area (Å²) in [6, 6.07) is 9.09. The Labute approximate surface area is 128 Å². The fourth-order valence-corrected chi connectivity index (χ4v) is 2.45. The van der Waals surface area contributed by atoms with Gasteiger partial charge < -0.3 is 9.84 Å². The molecule has 3 aromatic rings. The first-order chi connectivity index (χ1) is 10.1. The summed E-state index contributed by atoms with van der Waals surface area (Å²) in [6.45, 7) is 0. The van der Waals surface area contributed by atoms with Gasteiger partial charge in [-0.1, -0.05) is 22.0 Å². The van der Waals surface area contributed by atoms with Gasteiger partial charge in [-0.25, -0.2) is 14.5 Å². The Hall–Kier alpha value is -2.41. The van der Waals surface area contributed by atoms with Crippen LogP contribution in [0.2, 0.25) is 0 Å². The van der Waals surface area contributed by atoms with Crippen molar-refractivity contribution in [1.82, 2.24) is 14.8 Å². The molecule has 0 saturated carbocycles. The number of hydrogen-bond donors (Lipinski definition) is 1. The summed E-state index contributed by atoms with van der Waals surface area (Å²) in [4.78, 5) is 15.4. The summed E-state index contributed by atoms with van der Waals surface area (Å²) in [5.74, 6) is -0.698. The molecule has 21 heavy (non-hydrogen) atoms. The molecule has 0 aliphatic carbocycles. The number of halogens is 1. The van der Waals surface area contributed by atoms with Crippen LogP contribution in [-0.2, 0) is 0 Å². The molecule has 0 aliphatic rings. The first-order valence-corrected chi connectivity index (χ1v) is 6.81. The molecule has 6 nitrogen and oxygen atoms in total. The second kappa shape index (κ2) is 5.17. The van der Waals surface area contributed by atoms with Crippen molar-refractivity contribution < 1.29 is 14.6 Å². The Morgan fingerprint density at radius 1 is 1.38 bits per heavy atom. The van der Waals surface area contributed by atoms with E-state index in [9.17, 15) is 9.90 Å². The lowest BCUT2D eigenvalue weighted by atomic mass is 10.2. The van der Waals surface area contributed by atoms with E-state index in [0.29, 0.717) is 16.8 Å². The van der Waals surface area contributed by atoms with Gasteiger partial charge in [-0.2, -0.15) is 5.10 Å². The molecule has 7 heteroatoms. The van der Waals surface area contributed by atoms with Crippen LogP contribution in [0.1, 0.15) is 10.5 Å². The maximum absolute atomic E-state index is 11.3. The fraction of sp³-hybridized carbons (Fsp3) is 0.0714. The Kier molecular flexibility index (Phi) is 3.34. The van der Waals surface area contributed by atoms with E-state index in [1.165, 1.54) is 13.3 Å². The molecule has 0 unspecified atom stereocenters. The van der Waals surface area contributed by atoms with Crippen molar-refractivity contribution >= 4 is 32.8 Å². The van der Waals surface area contributed by atoms with E-state index in [4.69, 9.17) is 4.74 Å². The number of carbonyl (C=O) groups is 1. The molecule has 0 aliphatic heterocycles. The molecule has 0 spiro atoms. The number of carboxylic acids is 1. The average molecular weight is 348 g/mol. The predicted octanol–water partition coefficient (Wildman–Crippen LogP) is 2.89. The van der Waals surface area contributed by atoms with E-state index >= 15 is 0 Å². The monoisotopic (exact) mass is 347 g/mol. The first-order valence-electron chi connectivity index (χ1n) is 6.02. The molecular weight excluding hydrogens is 338 g/mol. The number of rotatable bonds is 3. The van der Waals surface area contributed by atoms with Crippen LogP contribution in [0.25, 0.3) is 16.6 Å². The third kappa shape index (κ3) is 2.36. The van der Waals surface area contributed by atoms with Gasteiger partial charge in [-0.05, 0) is 18.2 Å². The van der Waals surface area contributed by atoms with Crippen LogP contribution in [0.15, 0.2) is 41.0 Å². The maximum Gasteiger partial charge on any atom is 0.357 e. The first kappa shape index (κ1) is 13.6. The quantitative estimate of drug-likeness (QED) is 0.788. The van der Waals surface area contributed by atoms with E-state index in [0.717, 1.165) is 10.2 Å². The molecule has 2 aromatic heterocycles. The second-order valence-electron chi connectivity index (χ2n) is 4.29. The highest BCUT2D eigenvalue weighted by Crippen LogP contribution is 2.25. The van der Waals surface area contributed by atoms with Crippen LogP contribution in [0.3, 0.4) is 0 Å². The van der Waals surface area contributed by atoms with E-state index in [1.54, 1.807) is 10.7 Å². The number of hydrogen-bond acceptors (Lipinski definition) is 4. The number of benzene rings is 1. The zero-order valence-corrected chi connectivity index (χ0v) is 12.5. The molecule has 0 atom stereocenters. The van der Waals surface area contributed by atoms with Gasteiger partial charge in [0, 0.05) is 16.7 Å². The summed E-state index contributed by atoms with van der Waals surface area (Å²) >= 11 is 3.39. The summed E-state index contributed by atoms with van der Waals surface area (Å²) in [5.41, 5.74) is 1.33. The van der Waals surface area contributed by atoms with Crippen molar-refractivity contribution in [3.05, 3.63) is 46.7 Å². The van der Waals surface area contributed by atoms with Gasteiger partial charge in [-0.3, -0.25) is 0 Å². The lowest BCUT2D eigenvalue weighted by Crippen LogP contribution is -2.01. The molecule has 2 heterocycles. The minimum absolute atomic E-state index is 0.0415. The van der Waals surface area contributed by atoms with E-state index in [-0.39, 0.29) is 5.69 Å². The molecule has 0 radical (unpaired) electrons. The largest absolute Gasteiger partial charge is 0.481 e. The number of fused-ring (bicyclic) bond motifs is 1. The smallest absolute Gasteiger partial charge is 0.357 e. The van der Waals surface area contributed by atoms with Gasteiger partial charge in [-0.15, -0.1) is 0 Å². The number of pyridine rings is 1. The normalized spacial score (nSPS) is 10.8. The fourth-order valence-electron chi connectivity index (χ4n) is 2.07. The molecule has 1 N–H and O–H groups in total. The van der Waals surface area contributed by atoms with Crippen molar-refractivity contribution in [2.75, 3.05) is 7.11 Å². The van der Waals surface area contributed by atoms with Crippen LogP contribution in [0.5, 0.6) is 5.88 Å². The van der Waals surface area contributed by atoms with Gasteiger partial charge in [0.25, 0.3) is 0 Å².